The molecule has 0 spiro atoms. The molecule has 0 radical (unpaired) electrons. The second-order valence-corrected chi connectivity index (χ2v) is 4.87. The summed E-state index contributed by atoms with van der Waals surface area (Å²) in [6.07, 6.45) is 0.286. The smallest absolute Gasteiger partial charge is 0.326 e. The van der Waals surface area contributed by atoms with Gasteiger partial charge in [-0.15, -0.1) is 0 Å². The third-order valence-corrected chi connectivity index (χ3v) is 3.18. The van der Waals surface area contributed by atoms with E-state index in [2.05, 4.69) is 5.32 Å². The van der Waals surface area contributed by atoms with Crippen LogP contribution in [0, 0.1) is 0 Å². The molecule has 7 heteroatoms. The molecule has 1 aromatic rings. The maximum absolute atomic E-state index is 12.4. The molecule has 24 heavy (non-hydrogen) atoms. The predicted molar refractivity (Wildman–Crippen MR) is 89.1 cm³/mol. The summed E-state index contributed by atoms with van der Waals surface area (Å²) in [7, 11) is 0. The van der Waals surface area contributed by atoms with Crippen molar-refractivity contribution in [1.29, 1.82) is 0 Å². The number of hydrogen-bond donors (Lipinski definition) is 2. The van der Waals surface area contributed by atoms with E-state index in [4.69, 9.17) is 19.3 Å². The fourth-order valence-electron chi connectivity index (χ4n) is 2.10. The lowest BCUT2D eigenvalue weighted by Gasteiger charge is -2.18. The molecule has 1 atom stereocenters. The lowest BCUT2D eigenvalue weighted by Crippen LogP contribution is -2.40. The largest absolute Gasteiger partial charge is 0.490 e. The van der Waals surface area contributed by atoms with Crippen LogP contribution in [-0.2, 0) is 4.79 Å². The van der Waals surface area contributed by atoms with E-state index in [1.807, 2.05) is 20.8 Å². The van der Waals surface area contributed by atoms with Gasteiger partial charge in [0.2, 0.25) is 5.75 Å². The number of aliphatic carboxylic acids is 1. The van der Waals surface area contributed by atoms with Crippen molar-refractivity contribution in [2.75, 3.05) is 19.8 Å². The molecule has 134 valence electrons. The van der Waals surface area contributed by atoms with Crippen LogP contribution < -0.4 is 19.5 Å². The van der Waals surface area contributed by atoms with Crippen molar-refractivity contribution in [2.45, 2.75) is 40.2 Å². The van der Waals surface area contributed by atoms with Crippen LogP contribution in [0.25, 0.3) is 0 Å². The number of carbonyl (C=O) groups excluding carboxylic acids is 1. The Morgan fingerprint density at radius 1 is 1.00 bits per heavy atom. The van der Waals surface area contributed by atoms with Gasteiger partial charge in [-0.05, 0) is 39.3 Å². The third kappa shape index (κ3) is 5.04. The molecule has 0 fully saturated rings. The van der Waals surface area contributed by atoms with Gasteiger partial charge in [-0.2, -0.15) is 0 Å². The number of carbonyl (C=O) groups is 2. The van der Waals surface area contributed by atoms with Crippen LogP contribution in [0.5, 0.6) is 17.2 Å². The summed E-state index contributed by atoms with van der Waals surface area (Å²) in [5.74, 6) is -0.373. The summed E-state index contributed by atoms with van der Waals surface area (Å²) in [6, 6.07) is 2.11. The van der Waals surface area contributed by atoms with Gasteiger partial charge in [0.1, 0.15) is 6.04 Å². The van der Waals surface area contributed by atoms with E-state index in [-0.39, 0.29) is 12.0 Å². The number of benzene rings is 1. The number of amides is 1. The number of rotatable bonds is 10. The Kier molecular flexibility index (Phi) is 7.88. The molecule has 0 aliphatic heterocycles. The molecule has 2 N–H and O–H groups in total. The molecule has 1 aromatic carbocycles. The van der Waals surface area contributed by atoms with E-state index in [1.54, 1.807) is 6.92 Å². The monoisotopic (exact) mass is 339 g/mol. The van der Waals surface area contributed by atoms with Crippen LogP contribution in [0.15, 0.2) is 12.1 Å². The molecular weight excluding hydrogens is 314 g/mol. The van der Waals surface area contributed by atoms with Gasteiger partial charge < -0.3 is 24.6 Å². The van der Waals surface area contributed by atoms with Crippen LogP contribution in [-0.4, -0.2) is 42.8 Å². The van der Waals surface area contributed by atoms with Gasteiger partial charge in [0, 0.05) is 5.56 Å². The van der Waals surface area contributed by atoms with Crippen LogP contribution in [0.2, 0.25) is 0 Å². The van der Waals surface area contributed by atoms with Gasteiger partial charge in [0.25, 0.3) is 5.91 Å². The Labute approximate surface area is 141 Å². The average molecular weight is 339 g/mol. The summed E-state index contributed by atoms with van der Waals surface area (Å²) in [4.78, 5) is 23.5. The van der Waals surface area contributed by atoms with E-state index < -0.39 is 17.9 Å². The van der Waals surface area contributed by atoms with Crippen LogP contribution >= 0.6 is 0 Å². The zero-order valence-electron chi connectivity index (χ0n) is 14.5. The molecule has 0 saturated heterocycles. The second kappa shape index (κ2) is 9.64. The minimum absolute atomic E-state index is 0.255. The van der Waals surface area contributed by atoms with Crippen molar-refractivity contribution in [1.82, 2.24) is 5.32 Å². The van der Waals surface area contributed by atoms with Crippen LogP contribution in [0.4, 0.5) is 0 Å². The molecule has 1 unspecified atom stereocenters. The molecular formula is C17H25NO6. The number of ether oxygens (including phenoxy) is 3. The topological polar surface area (TPSA) is 94.1 Å². The Balaban J connectivity index is 3.22. The predicted octanol–water partition coefficient (Wildman–Crippen LogP) is 2.48. The first kappa shape index (κ1) is 19.6. The summed E-state index contributed by atoms with van der Waals surface area (Å²) in [5, 5.41) is 11.6. The van der Waals surface area contributed by atoms with Gasteiger partial charge in [-0.25, -0.2) is 4.79 Å². The minimum Gasteiger partial charge on any atom is -0.490 e. The fraction of sp³-hybridized carbons (Fsp3) is 0.529. The van der Waals surface area contributed by atoms with Crippen molar-refractivity contribution < 1.29 is 28.9 Å². The first-order valence-corrected chi connectivity index (χ1v) is 8.08. The SMILES string of the molecule is CCOc1cc(C(=O)NC(CC)C(=O)O)cc(OCC)c1OCC. The Morgan fingerprint density at radius 3 is 1.88 bits per heavy atom. The van der Waals surface area contributed by atoms with Gasteiger partial charge in [-0.1, -0.05) is 6.92 Å². The van der Waals surface area contributed by atoms with Crippen molar-refractivity contribution in [3.63, 3.8) is 0 Å². The van der Waals surface area contributed by atoms with Gasteiger partial charge >= 0.3 is 5.97 Å². The van der Waals surface area contributed by atoms with Crippen molar-refractivity contribution >= 4 is 11.9 Å². The number of hydrogen-bond acceptors (Lipinski definition) is 5. The summed E-state index contributed by atoms with van der Waals surface area (Å²) in [5.41, 5.74) is 0.255. The first-order chi connectivity index (χ1) is 11.5. The van der Waals surface area contributed by atoms with E-state index in [0.717, 1.165) is 0 Å². The molecule has 1 rings (SSSR count). The molecule has 0 aromatic heterocycles. The van der Waals surface area contributed by atoms with Crippen LogP contribution in [0.1, 0.15) is 44.5 Å². The highest BCUT2D eigenvalue weighted by Gasteiger charge is 2.22. The summed E-state index contributed by atoms with van der Waals surface area (Å²) < 4.78 is 16.7. The Hall–Kier alpha value is -2.44. The Morgan fingerprint density at radius 2 is 1.50 bits per heavy atom. The third-order valence-electron chi connectivity index (χ3n) is 3.18. The van der Waals surface area contributed by atoms with Crippen molar-refractivity contribution in [3.8, 4) is 17.2 Å². The standard InChI is InChI=1S/C17H25NO6/c1-5-12(17(20)21)18-16(19)11-9-13(22-6-2)15(24-8-4)14(10-11)23-7-3/h9-10,12H,5-8H2,1-4H3,(H,18,19)(H,20,21). The zero-order chi connectivity index (χ0) is 18.1. The summed E-state index contributed by atoms with van der Waals surface area (Å²) >= 11 is 0. The molecule has 0 heterocycles. The quantitative estimate of drug-likeness (QED) is 0.680. The fourth-order valence-corrected chi connectivity index (χ4v) is 2.10. The highest BCUT2D eigenvalue weighted by molar-refractivity contribution is 5.97. The minimum atomic E-state index is -1.08. The number of nitrogens with one attached hydrogen (secondary N) is 1. The molecule has 0 aliphatic rings. The highest BCUT2D eigenvalue weighted by atomic mass is 16.5. The van der Waals surface area contributed by atoms with Crippen molar-refractivity contribution in [2.24, 2.45) is 0 Å². The molecule has 0 saturated carbocycles. The van der Waals surface area contributed by atoms with Crippen LogP contribution in [0.3, 0.4) is 0 Å². The van der Waals surface area contributed by atoms with Crippen molar-refractivity contribution in [3.05, 3.63) is 17.7 Å². The lowest BCUT2D eigenvalue weighted by molar-refractivity contribution is -0.139. The zero-order valence-corrected chi connectivity index (χ0v) is 14.5. The number of carboxylic acid groups (broad SMARTS) is 1. The van der Waals surface area contributed by atoms with E-state index in [9.17, 15) is 9.59 Å². The lowest BCUT2D eigenvalue weighted by atomic mass is 10.1. The molecule has 0 bridgehead atoms. The normalized spacial score (nSPS) is 11.5. The maximum Gasteiger partial charge on any atom is 0.326 e. The summed E-state index contributed by atoms with van der Waals surface area (Å²) in [6.45, 7) is 8.37. The second-order valence-electron chi connectivity index (χ2n) is 4.87. The Bertz CT molecular complexity index is 545. The number of carboxylic acids is 1. The first-order valence-electron chi connectivity index (χ1n) is 8.08. The average Bonchev–Trinajstić information content (AvgIpc) is 2.55. The van der Waals surface area contributed by atoms with E-state index in [0.29, 0.717) is 37.1 Å². The van der Waals surface area contributed by atoms with E-state index >= 15 is 0 Å². The molecule has 1 amide bonds. The van der Waals surface area contributed by atoms with E-state index in [1.165, 1.54) is 12.1 Å². The molecule has 0 aliphatic carbocycles. The highest BCUT2D eigenvalue weighted by Crippen LogP contribution is 2.39. The van der Waals surface area contributed by atoms with Gasteiger partial charge in [-0.3, -0.25) is 4.79 Å². The maximum atomic E-state index is 12.4. The van der Waals surface area contributed by atoms with Gasteiger partial charge in [0.05, 0.1) is 19.8 Å². The molecule has 7 nitrogen and oxygen atoms in total. The van der Waals surface area contributed by atoms with Gasteiger partial charge in [0.15, 0.2) is 11.5 Å².